The van der Waals surface area contributed by atoms with Crippen LogP contribution in [0.25, 0.3) is 0 Å². The molecular formula is C16H16N4. The summed E-state index contributed by atoms with van der Waals surface area (Å²) in [4.78, 5) is 8.28. The zero-order valence-corrected chi connectivity index (χ0v) is 11.4. The van der Waals surface area contributed by atoms with Crippen LogP contribution in [0.3, 0.4) is 0 Å². The van der Waals surface area contributed by atoms with Crippen molar-refractivity contribution in [2.45, 2.75) is 31.7 Å². The molecule has 0 atom stereocenters. The summed E-state index contributed by atoms with van der Waals surface area (Å²) in [6.07, 6.45) is 6.32. The highest BCUT2D eigenvalue weighted by molar-refractivity contribution is 5.50. The SMILES string of the molecule is Cc1cccc(CC2(Nc3nccnc3C#N)CC2)c1. The van der Waals surface area contributed by atoms with Crippen LogP contribution in [-0.2, 0) is 6.42 Å². The van der Waals surface area contributed by atoms with E-state index in [0.717, 1.165) is 19.3 Å². The lowest BCUT2D eigenvalue weighted by Gasteiger charge is -2.18. The second-order valence-electron chi connectivity index (χ2n) is 5.44. The van der Waals surface area contributed by atoms with Crippen molar-refractivity contribution in [1.29, 1.82) is 5.26 Å². The molecule has 1 N–H and O–H groups in total. The molecule has 0 unspecified atom stereocenters. The first-order chi connectivity index (χ1) is 9.71. The summed E-state index contributed by atoms with van der Waals surface area (Å²) in [5.74, 6) is 0.597. The van der Waals surface area contributed by atoms with Crippen LogP contribution in [0.1, 0.15) is 29.7 Å². The molecule has 0 radical (unpaired) electrons. The lowest BCUT2D eigenvalue weighted by atomic mass is 10.0. The molecule has 0 aliphatic heterocycles. The van der Waals surface area contributed by atoms with Gasteiger partial charge >= 0.3 is 0 Å². The van der Waals surface area contributed by atoms with Gasteiger partial charge in [-0.15, -0.1) is 0 Å². The molecule has 0 saturated heterocycles. The third kappa shape index (κ3) is 2.62. The van der Waals surface area contributed by atoms with E-state index in [4.69, 9.17) is 5.26 Å². The van der Waals surface area contributed by atoms with E-state index >= 15 is 0 Å². The molecule has 100 valence electrons. The Labute approximate surface area is 118 Å². The minimum absolute atomic E-state index is 0.0371. The van der Waals surface area contributed by atoms with E-state index in [0.29, 0.717) is 11.5 Å². The highest BCUT2D eigenvalue weighted by Crippen LogP contribution is 2.41. The molecule has 1 fully saturated rings. The fourth-order valence-electron chi connectivity index (χ4n) is 2.47. The van der Waals surface area contributed by atoms with Gasteiger partial charge in [-0.05, 0) is 31.7 Å². The number of hydrogen-bond donors (Lipinski definition) is 1. The zero-order valence-electron chi connectivity index (χ0n) is 11.4. The first kappa shape index (κ1) is 12.6. The number of rotatable bonds is 4. The first-order valence-electron chi connectivity index (χ1n) is 6.76. The normalized spacial score (nSPS) is 15.4. The monoisotopic (exact) mass is 264 g/mol. The number of hydrogen-bond acceptors (Lipinski definition) is 4. The largest absolute Gasteiger partial charge is 0.362 e. The van der Waals surface area contributed by atoms with Crippen molar-refractivity contribution in [1.82, 2.24) is 9.97 Å². The van der Waals surface area contributed by atoms with Gasteiger partial charge in [-0.25, -0.2) is 9.97 Å². The summed E-state index contributed by atoms with van der Waals surface area (Å²) in [6, 6.07) is 10.6. The third-order valence-electron chi connectivity index (χ3n) is 3.67. The van der Waals surface area contributed by atoms with Crippen molar-refractivity contribution >= 4 is 5.82 Å². The summed E-state index contributed by atoms with van der Waals surface area (Å²) in [5, 5.41) is 12.5. The van der Waals surface area contributed by atoms with Gasteiger partial charge in [0, 0.05) is 17.9 Å². The van der Waals surface area contributed by atoms with Gasteiger partial charge in [-0.2, -0.15) is 5.26 Å². The van der Waals surface area contributed by atoms with Gasteiger partial charge in [-0.3, -0.25) is 0 Å². The van der Waals surface area contributed by atoms with Gasteiger partial charge in [0.25, 0.3) is 0 Å². The predicted molar refractivity (Wildman–Crippen MR) is 77.2 cm³/mol. The molecule has 1 heterocycles. The van der Waals surface area contributed by atoms with E-state index in [9.17, 15) is 0 Å². The van der Waals surface area contributed by atoms with E-state index in [-0.39, 0.29) is 5.54 Å². The van der Waals surface area contributed by atoms with E-state index in [1.165, 1.54) is 11.1 Å². The predicted octanol–water partition coefficient (Wildman–Crippen LogP) is 2.84. The maximum absolute atomic E-state index is 9.07. The number of aromatic nitrogens is 2. The Kier molecular flexibility index (Phi) is 3.11. The quantitative estimate of drug-likeness (QED) is 0.922. The van der Waals surface area contributed by atoms with Crippen LogP contribution in [0.2, 0.25) is 0 Å². The van der Waals surface area contributed by atoms with E-state index in [1.54, 1.807) is 12.4 Å². The molecule has 20 heavy (non-hydrogen) atoms. The topological polar surface area (TPSA) is 61.6 Å². The summed E-state index contributed by atoms with van der Waals surface area (Å²) in [7, 11) is 0. The minimum atomic E-state index is 0.0371. The van der Waals surface area contributed by atoms with Crippen LogP contribution in [-0.4, -0.2) is 15.5 Å². The van der Waals surface area contributed by atoms with Crippen LogP contribution >= 0.6 is 0 Å². The zero-order chi connectivity index (χ0) is 14.0. The molecule has 1 aromatic heterocycles. The molecule has 1 saturated carbocycles. The molecule has 0 amide bonds. The summed E-state index contributed by atoms with van der Waals surface area (Å²) in [5.41, 5.74) is 2.99. The molecule has 4 nitrogen and oxygen atoms in total. The van der Waals surface area contributed by atoms with Gasteiger partial charge in [0.05, 0.1) is 0 Å². The van der Waals surface area contributed by atoms with Crippen molar-refractivity contribution in [3.05, 3.63) is 53.5 Å². The number of benzene rings is 1. The third-order valence-corrected chi connectivity index (χ3v) is 3.67. The molecule has 2 aromatic rings. The molecule has 1 aliphatic carbocycles. The number of nitriles is 1. The Bertz CT molecular complexity index is 668. The van der Waals surface area contributed by atoms with Gasteiger partial charge < -0.3 is 5.32 Å². The lowest BCUT2D eigenvalue weighted by Crippen LogP contribution is -2.25. The second kappa shape index (κ2) is 4.93. The lowest BCUT2D eigenvalue weighted by molar-refractivity contribution is 0.719. The number of nitrogens with one attached hydrogen (secondary N) is 1. The van der Waals surface area contributed by atoms with Crippen molar-refractivity contribution in [2.24, 2.45) is 0 Å². The van der Waals surface area contributed by atoms with Gasteiger partial charge in [0.1, 0.15) is 6.07 Å². The highest BCUT2D eigenvalue weighted by atomic mass is 15.1. The standard InChI is InChI=1S/C16H16N4/c1-12-3-2-4-13(9-12)10-16(5-6-16)20-15-14(11-17)18-7-8-19-15/h2-4,7-9H,5-6,10H2,1H3,(H,19,20). The van der Waals surface area contributed by atoms with Crippen LogP contribution in [0.4, 0.5) is 5.82 Å². The highest BCUT2D eigenvalue weighted by Gasteiger charge is 2.43. The molecule has 1 aromatic carbocycles. The Balaban J connectivity index is 1.79. The average molecular weight is 264 g/mol. The molecule has 4 heteroatoms. The summed E-state index contributed by atoms with van der Waals surface area (Å²) < 4.78 is 0. The Morgan fingerprint density at radius 2 is 2.10 bits per heavy atom. The fourth-order valence-corrected chi connectivity index (χ4v) is 2.47. The first-order valence-corrected chi connectivity index (χ1v) is 6.76. The van der Waals surface area contributed by atoms with E-state index in [1.807, 2.05) is 0 Å². The number of aryl methyl sites for hydroxylation is 1. The Hall–Kier alpha value is -2.41. The van der Waals surface area contributed by atoms with Crippen LogP contribution in [0.5, 0.6) is 0 Å². The van der Waals surface area contributed by atoms with Crippen LogP contribution in [0, 0.1) is 18.3 Å². The summed E-state index contributed by atoms with van der Waals surface area (Å²) >= 11 is 0. The number of anilines is 1. The minimum Gasteiger partial charge on any atom is -0.362 e. The maximum Gasteiger partial charge on any atom is 0.182 e. The molecule has 1 aliphatic rings. The molecule has 3 rings (SSSR count). The Morgan fingerprint density at radius 3 is 2.80 bits per heavy atom. The van der Waals surface area contributed by atoms with Crippen LogP contribution < -0.4 is 5.32 Å². The van der Waals surface area contributed by atoms with Crippen molar-refractivity contribution in [2.75, 3.05) is 5.32 Å². The van der Waals surface area contributed by atoms with Crippen molar-refractivity contribution in [3.8, 4) is 6.07 Å². The molecular weight excluding hydrogens is 248 g/mol. The maximum atomic E-state index is 9.07. The van der Waals surface area contributed by atoms with Gasteiger partial charge in [0.15, 0.2) is 11.5 Å². The fraction of sp³-hybridized carbons (Fsp3) is 0.312. The summed E-state index contributed by atoms with van der Waals surface area (Å²) in [6.45, 7) is 2.10. The van der Waals surface area contributed by atoms with Gasteiger partial charge in [-0.1, -0.05) is 29.8 Å². The average Bonchev–Trinajstić information content (AvgIpc) is 3.19. The van der Waals surface area contributed by atoms with Crippen molar-refractivity contribution < 1.29 is 0 Å². The second-order valence-corrected chi connectivity index (χ2v) is 5.44. The Morgan fingerprint density at radius 1 is 1.30 bits per heavy atom. The van der Waals surface area contributed by atoms with Gasteiger partial charge in [0.2, 0.25) is 0 Å². The number of nitrogens with zero attached hydrogens (tertiary/aromatic N) is 3. The van der Waals surface area contributed by atoms with Crippen molar-refractivity contribution in [3.63, 3.8) is 0 Å². The van der Waals surface area contributed by atoms with E-state index < -0.39 is 0 Å². The van der Waals surface area contributed by atoms with E-state index in [2.05, 4.69) is 52.5 Å². The smallest absolute Gasteiger partial charge is 0.182 e. The van der Waals surface area contributed by atoms with Crippen LogP contribution in [0.15, 0.2) is 36.7 Å². The molecule has 0 spiro atoms. The molecule has 0 bridgehead atoms.